The summed E-state index contributed by atoms with van der Waals surface area (Å²) in [5, 5.41) is 2.95. The van der Waals surface area contributed by atoms with Crippen molar-refractivity contribution < 1.29 is 9.59 Å². The van der Waals surface area contributed by atoms with Crippen LogP contribution in [0.4, 0.5) is 0 Å². The molecule has 0 saturated carbocycles. The van der Waals surface area contributed by atoms with E-state index in [9.17, 15) is 9.59 Å². The molecule has 1 aromatic rings. The lowest BCUT2D eigenvalue weighted by molar-refractivity contribution is -0.150. The number of nitrogens with zero attached hydrogens (tertiary/aromatic N) is 1. The van der Waals surface area contributed by atoms with E-state index in [0.717, 1.165) is 5.56 Å². The van der Waals surface area contributed by atoms with Crippen LogP contribution in [-0.2, 0) is 16.1 Å². The third-order valence-corrected chi connectivity index (χ3v) is 3.23. The minimum absolute atomic E-state index is 0.116. The molecule has 1 saturated heterocycles. The maximum Gasteiger partial charge on any atom is 0.246 e. The lowest BCUT2D eigenvalue weighted by atomic mass is 10.1. The molecule has 96 valence electrons. The zero-order valence-corrected chi connectivity index (χ0v) is 10.8. The number of hydrogen-bond acceptors (Lipinski definition) is 3. The predicted molar refractivity (Wildman–Crippen MR) is 68.8 cm³/mol. The van der Waals surface area contributed by atoms with Crippen molar-refractivity contribution in [3.63, 3.8) is 0 Å². The summed E-state index contributed by atoms with van der Waals surface area (Å²) < 4.78 is 0. The fourth-order valence-corrected chi connectivity index (χ4v) is 2.07. The van der Waals surface area contributed by atoms with Gasteiger partial charge in [0.05, 0.1) is 19.1 Å². The number of carbonyl (C=O) groups excluding carboxylic acids is 2. The molecule has 1 unspecified atom stereocenters. The van der Waals surface area contributed by atoms with E-state index in [-0.39, 0.29) is 24.4 Å². The van der Waals surface area contributed by atoms with Gasteiger partial charge in [-0.15, -0.1) is 0 Å². The second-order valence-corrected chi connectivity index (χ2v) is 4.65. The van der Waals surface area contributed by atoms with Crippen molar-refractivity contribution in [2.24, 2.45) is 0 Å². The highest BCUT2D eigenvalue weighted by atomic mass is 16.2. The molecule has 1 atom stereocenters. The lowest BCUT2D eigenvalue weighted by Gasteiger charge is -2.31. The molecule has 0 spiro atoms. The number of hydrogen-bond donors (Lipinski definition) is 1. The molecule has 1 fully saturated rings. The standard InChI is InChI=1S/C14H18N2O2/c1-3-12-14(18)16(13(17)8-15-12)9-11-6-4-10(2)5-7-11/h4-7,12,15H,3,8-9H2,1-2H3. The molecule has 0 bridgehead atoms. The van der Waals surface area contributed by atoms with Crippen molar-refractivity contribution in [1.82, 2.24) is 10.2 Å². The first-order valence-electron chi connectivity index (χ1n) is 6.25. The van der Waals surface area contributed by atoms with Crippen LogP contribution < -0.4 is 5.32 Å². The van der Waals surface area contributed by atoms with Gasteiger partial charge in [0.2, 0.25) is 11.8 Å². The summed E-state index contributed by atoms with van der Waals surface area (Å²) in [5.41, 5.74) is 2.15. The van der Waals surface area contributed by atoms with E-state index in [1.54, 1.807) is 0 Å². The summed E-state index contributed by atoms with van der Waals surface area (Å²) in [7, 11) is 0. The van der Waals surface area contributed by atoms with Crippen LogP contribution in [0.15, 0.2) is 24.3 Å². The van der Waals surface area contributed by atoms with Gasteiger partial charge in [-0.2, -0.15) is 0 Å². The number of rotatable bonds is 3. The Labute approximate surface area is 107 Å². The molecule has 1 aromatic carbocycles. The van der Waals surface area contributed by atoms with E-state index in [0.29, 0.717) is 13.0 Å². The molecule has 4 nitrogen and oxygen atoms in total. The van der Waals surface area contributed by atoms with E-state index < -0.39 is 0 Å². The minimum Gasteiger partial charge on any atom is -0.297 e. The Morgan fingerprint density at radius 3 is 2.56 bits per heavy atom. The lowest BCUT2D eigenvalue weighted by Crippen LogP contribution is -2.57. The Morgan fingerprint density at radius 1 is 1.28 bits per heavy atom. The monoisotopic (exact) mass is 246 g/mol. The Kier molecular flexibility index (Phi) is 3.77. The van der Waals surface area contributed by atoms with Crippen molar-refractivity contribution in [2.75, 3.05) is 6.54 Å². The third-order valence-electron chi connectivity index (χ3n) is 3.23. The van der Waals surface area contributed by atoms with E-state index in [1.165, 1.54) is 10.5 Å². The smallest absolute Gasteiger partial charge is 0.246 e. The Balaban J connectivity index is 2.13. The number of benzene rings is 1. The summed E-state index contributed by atoms with van der Waals surface area (Å²) in [6.07, 6.45) is 0.705. The highest BCUT2D eigenvalue weighted by molar-refractivity contribution is 6.01. The summed E-state index contributed by atoms with van der Waals surface area (Å²) >= 11 is 0. The SMILES string of the molecule is CCC1NCC(=O)N(Cc2ccc(C)cc2)C1=O. The van der Waals surface area contributed by atoms with Gasteiger partial charge in [0, 0.05) is 0 Å². The fraction of sp³-hybridized carbons (Fsp3) is 0.429. The highest BCUT2D eigenvalue weighted by Gasteiger charge is 2.32. The molecule has 0 radical (unpaired) electrons. The molecule has 0 aromatic heterocycles. The van der Waals surface area contributed by atoms with Gasteiger partial charge in [-0.05, 0) is 18.9 Å². The van der Waals surface area contributed by atoms with E-state index in [1.807, 2.05) is 38.1 Å². The second-order valence-electron chi connectivity index (χ2n) is 4.65. The molecule has 1 N–H and O–H groups in total. The fourth-order valence-electron chi connectivity index (χ4n) is 2.07. The topological polar surface area (TPSA) is 49.4 Å². The summed E-state index contributed by atoms with van der Waals surface area (Å²) in [5.74, 6) is -0.264. The Morgan fingerprint density at radius 2 is 1.94 bits per heavy atom. The van der Waals surface area contributed by atoms with Gasteiger partial charge in [-0.25, -0.2) is 0 Å². The van der Waals surface area contributed by atoms with Crippen LogP contribution in [0.5, 0.6) is 0 Å². The van der Waals surface area contributed by atoms with Crippen molar-refractivity contribution in [2.45, 2.75) is 32.9 Å². The van der Waals surface area contributed by atoms with Crippen LogP contribution in [0.3, 0.4) is 0 Å². The van der Waals surface area contributed by atoms with E-state index in [2.05, 4.69) is 5.32 Å². The van der Waals surface area contributed by atoms with Crippen LogP contribution in [0.25, 0.3) is 0 Å². The normalized spacial score (nSPS) is 20.3. The second kappa shape index (κ2) is 5.31. The number of amides is 2. The molecule has 2 amide bonds. The van der Waals surface area contributed by atoms with Crippen molar-refractivity contribution in [3.8, 4) is 0 Å². The van der Waals surface area contributed by atoms with Crippen LogP contribution in [-0.4, -0.2) is 29.3 Å². The number of imide groups is 1. The maximum absolute atomic E-state index is 12.1. The molecule has 0 aliphatic carbocycles. The minimum atomic E-state index is -0.229. The zero-order valence-electron chi connectivity index (χ0n) is 10.8. The molecular formula is C14H18N2O2. The average molecular weight is 246 g/mol. The Bertz CT molecular complexity index is 453. The molecule has 18 heavy (non-hydrogen) atoms. The Hall–Kier alpha value is -1.68. The van der Waals surface area contributed by atoms with Crippen LogP contribution in [0.2, 0.25) is 0 Å². The van der Waals surface area contributed by atoms with E-state index in [4.69, 9.17) is 0 Å². The summed E-state index contributed by atoms with van der Waals surface area (Å²) in [4.78, 5) is 25.2. The number of carbonyl (C=O) groups is 2. The van der Waals surface area contributed by atoms with Crippen LogP contribution in [0.1, 0.15) is 24.5 Å². The molecular weight excluding hydrogens is 228 g/mol. The van der Waals surface area contributed by atoms with Gasteiger partial charge >= 0.3 is 0 Å². The number of nitrogens with one attached hydrogen (secondary N) is 1. The molecule has 2 rings (SSSR count). The van der Waals surface area contributed by atoms with Gasteiger partial charge in [0.15, 0.2) is 0 Å². The van der Waals surface area contributed by atoms with Crippen molar-refractivity contribution in [1.29, 1.82) is 0 Å². The molecule has 4 heteroatoms. The first-order chi connectivity index (χ1) is 8.61. The van der Waals surface area contributed by atoms with Crippen molar-refractivity contribution >= 4 is 11.8 Å². The number of aryl methyl sites for hydroxylation is 1. The third kappa shape index (κ3) is 2.59. The van der Waals surface area contributed by atoms with Gasteiger partial charge in [0.1, 0.15) is 0 Å². The molecule has 1 aliphatic rings. The quantitative estimate of drug-likeness (QED) is 0.816. The summed E-state index contributed by atoms with van der Waals surface area (Å²) in [6, 6.07) is 7.67. The van der Waals surface area contributed by atoms with Crippen LogP contribution in [0, 0.1) is 6.92 Å². The van der Waals surface area contributed by atoms with Gasteiger partial charge in [0.25, 0.3) is 0 Å². The van der Waals surface area contributed by atoms with Crippen LogP contribution >= 0.6 is 0 Å². The first-order valence-corrected chi connectivity index (χ1v) is 6.25. The first kappa shape index (κ1) is 12.8. The largest absolute Gasteiger partial charge is 0.297 e. The van der Waals surface area contributed by atoms with Gasteiger partial charge in [-0.1, -0.05) is 36.8 Å². The molecule has 1 heterocycles. The maximum atomic E-state index is 12.1. The molecule has 1 aliphatic heterocycles. The average Bonchev–Trinajstić information content (AvgIpc) is 2.37. The number of piperazine rings is 1. The van der Waals surface area contributed by atoms with E-state index >= 15 is 0 Å². The van der Waals surface area contributed by atoms with Gasteiger partial charge in [-0.3, -0.25) is 19.8 Å². The van der Waals surface area contributed by atoms with Crippen molar-refractivity contribution in [3.05, 3.63) is 35.4 Å². The predicted octanol–water partition coefficient (Wildman–Crippen LogP) is 1.23. The zero-order chi connectivity index (χ0) is 13.1. The van der Waals surface area contributed by atoms with Gasteiger partial charge < -0.3 is 0 Å². The highest BCUT2D eigenvalue weighted by Crippen LogP contribution is 2.12. The summed E-state index contributed by atoms with van der Waals surface area (Å²) in [6.45, 7) is 4.57.